The van der Waals surface area contributed by atoms with Crippen molar-refractivity contribution in [1.29, 1.82) is 0 Å². The summed E-state index contributed by atoms with van der Waals surface area (Å²) in [6, 6.07) is 7.90. The molecule has 25 heavy (non-hydrogen) atoms. The number of benzene rings is 1. The summed E-state index contributed by atoms with van der Waals surface area (Å²) < 4.78 is 24.9. The molecule has 0 atom stereocenters. The second kappa shape index (κ2) is 10.7. The first-order chi connectivity index (χ1) is 11.8. The molecule has 0 amide bonds. The van der Waals surface area contributed by atoms with Gasteiger partial charge in [0.05, 0.1) is 10.4 Å². The lowest BCUT2D eigenvalue weighted by atomic mass is 10.1. The molecule has 0 unspecified atom stereocenters. The first-order valence-electron chi connectivity index (χ1n) is 9.42. The monoisotopic (exact) mass is 367 g/mol. The number of unbranched alkanes of at least 4 members (excludes halogenated alkanes) is 7. The number of hydrogen-bond donors (Lipinski definition) is 1. The van der Waals surface area contributed by atoms with Gasteiger partial charge in [-0.3, -0.25) is 4.79 Å². The lowest BCUT2D eigenvalue weighted by Crippen LogP contribution is -2.50. The summed E-state index contributed by atoms with van der Waals surface area (Å²) >= 11 is 0. The molecule has 1 aromatic carbocycles. The van der Waals surface area contributed by atoms with Crippen molar-refractivity contribution < 1.29 is 13.2 Å². The Morgan fingerprint density at radius 1 is 0.920 bits per heavy atom. The molecule has 4 nitrogen and oxygen atoms in total. The fraction of sp³-hybridized carbons (Fsp3) is 0.650. The van der Waals surface area contributed by atoms with E-state index in [1.165, 1.54) is 50.7 Å². The highest BCUT2D eigenvalue weighted by Gasteiger charge is 2.37. The predicted octanol–water partition coefficient (Wildman–Crippen LogP) is 4.50. The summed E-state index contributed by atoms with van der Waals surface area (Å²) in [5, 5.41) is 2.34. The third kappa shape index (κ3) is 7.28. The Kier molecular flexibility index (Phi) is 9.36. The van der Waals surface area contributed by atoms with Crippen LogP contribution in [0.2, 0.25) is 0 Å². The summed E-state index contributed by atoms with van der Waals surface area (Å²) in [5.41, 5.74) is -1.09. The molecule has 0 bridgehead atoms. The quantitative estimate of drug-likeness (QED) is 0.553. The maximum atomic E-state index is 12.5. The maximum Gasteiger partial charge on any atom is 0.270 e. The summed E-state index contributed by atoms with van der Waals surface area (Å²) in [6.07, 6.45) is 9.69. The van der Waals surface area contributed by atoms with Gasteiger partial charge in [0.15, 0.2) is 0 Å². The first kappa shape index (κ1) is 21.8. The second-order valence-corrected chi connectivity index (χ2v) is 8.98. The molecule has 0 saturated carbocycles. The third-order valence-electron chi connectivity index (χ3n) is 4.41. The lowest BCUT2D eigenvalue weighted by molar-refractivity contribution is -0.116. The minimum absolute atomic E-state index is 0.0574. The summed E-state index contributed by atoms with van der Waals surface area (Å²) in [5.74, 6) is 0. The van der Waals surface area contributed by atoms with Crippen LogP contribution in [0.25, 0.3) is 0 Å². The van der Waals surface area contributed by atoms with Gasteiger partial charge in [0, 0.05) is 0 Å². The Labute approximate surface area is 153 Å². The Bertz CT molecular complexity index is 609. The average molecular weight is 368 g/mol. The minimum atomic E-state index is -3.96. The van der Waals surface area contributed by atoms with Crippen LogP contribution in [-0.2, 0) is 14.6 Å². The molecule has 0 aromatic heterocycles. The second-order valence-electron chi connectivity index (χ2n) is 7.13. The summed E-state index contributed by atoms with van der Waals surface area (Å²) in [6.45, 7) is 6.14. The fourth-order valence-corrected chi connectivity index (χ4v) is 4.25. The van der Waals surface area contributed by atoms with E-state index in [1.54, 1.807) is 32.0 Å². The van der Waals surface area contributed by atoms with E-state index in [-0.39, 0.29) is 4.90 Å². The van der Waals surface area contributed by atoms with E-state index in [1.807, 2.05) is 0 Å². The number of hydrogen-bond acceptors (Lipinski definition) is 4. The van der Waals surface area contributed by atoms with Gasteiger partial charge in [-0.25, -0.2) is 8.42 Å². The Balaban J connectivity index is 2.38. The SMILES string of the molecule is CCCCCCCCCCNC(C)(C)C(=O)S(=O)(=O)c1ccccc1. The average Bonchev–Trinajstić information content (AvgIpc) is 2.60. The molecular formula is C20H33NO3S. The maximum absolute atomic E-state index is 12.5. The van der Waals surface area contributed by atoms with E-state index in [4.69, 9.17) is 0 Å². The zero-order chi connectivity index (χ0) is 18.8. The molecule has 1 N–H and O–H groups in total. The van der Waals surface area contributed by atoms with Gasteiger partial charge in [0.1, 0.15) is 0 Å². The van der Waals surface area contributed by atoms with Crippen LogP contribution in [0.15, 0.2) is 35.2 Å². The van der Waals surface area contributed by atoms with Crippen LogP contribution < -0.4 is 5.32 Å². The van der Waals surface area contributed by atoms with Gasteiger partial charge in [-0.15, -0.1) is 0 Å². The van der Waals surface area contributed by atoms with Crippen LogP contribution in [0.4, 0.5) is 0 Å². The van der Waals surface area contributed by atoms with Crippen molar-refractivity contribution in [2.24, 2.45) is 0 Å². The highest BCUT2D eigenvalue weighted by atomic mass is 32.2. The van der Waals surface area contributed by atoms with Crippen molar-refractivity contribution in [1.82, 2.24) is 5.32 Å². The molecule has 1 rings (SSSR count). The van der Waals surface area contributed by atoms with Gasteiger partial charge in [-0.05, 0) is 38.9 Å². The van der Waals surface area contributed by atoms with E-state index >= 15 is 0 Å². The topological polar surface area (TPSA) is 63.2 Å². The van der Waals surface area contributed by atoms with Gasteiger partial charge < -0.3 is 5.32 Å². The van der Waals surface area contributed by atoms with Crippen molar-refractivity contribution in [2.45, 2.75) is 82.6 Å². The molecule has 1 aromatic rings. The van der Waals surface area contributed by atoms with Crippen LogP contribution >= 0.6 is 0 Å². The van der Waals surface area contributed by atoms with Crippen molar-refractivity contribution in [3.05, 3.63) is 30.3 Å². The molecule has 0 radical (unpaired) electrons. The first-order valence-corrected chi connectivity index (χ1v) is 10.9. The zero-order valence-electron chi connectivity index (χ0n) is 15.9. The van der Waals surface area contributed by atoms with E-state index in [0.717, 1.165) is 12.8 Å². The Morgan fingerprint density at radius 3 is 2.00 bits per heavy atom. The van der Waals surface area contributed by atoms with Crippen molar-refractivity contribution in [2.75, 3.05) is 6.54 Å². The van der Waals surface area contributed by atoms with E-state index in [2.05, 4.69) is 12.2 Å². The third-order valence-corrected chi connectivity index (χ3v) is 6.30. The van der Waals surface area contributed by atoms with Crippen LogP contribution in [0, 0.1) is 0 Å². The molecule has 0 aliphatic rings. The molecule has 5 heteroatoms. The van der Waals surface area contributed by atoms with Crippen LogP contribution in [0.3, 0.4) is 0 Å². The van der Waals surface area contributed by atoms with Crippen LogP contribution in [0.1, 0.15) is 72.1 Å². The van der Waals surface area contributed by atoms with Crippen LogP contribution in [0.5, 0.6) is 0 Å². The normalized spacial score (nSPS) is 12.3. The summed E-state index contributed by atoms with van der Waals surface area (Å²) in [4.78, 5) is 12.6. The van der Waals surface area contributed by atoms with Gasteiger partial charge in [-0.1, -0.05) is 70.1 Å². The van der Waals surface area contributed by atoms with E-state index in [9.17, 15) is 13.2 Å². The molecule has 142 valence electrons. The molecule has 0 spiro atoms. The van der Waals surface area contributed by atoms with E-state index in [0.29, 0.717) is 6.54 Å². The lowest BCUT2D eigenvalue weighted by Gasteiger charge is -2.24. The highest BCUT2D eigenvalue weighted by molar-refractivity contribution is 8.06. The number of sulfone groups is 1. The van der Waals surface area contributed by atoms with E-state index < -0.39 is 20.5 Å². The zero-order valence-corrected chi connectivity index (χ0v) is 16.7. The smallest absolute Gasteiger partial charge is 0.270 e. The molecular weight excluding hydrogens is 334 g/mol. The molecule has 0 fully saturated rings. The number of carbonyl (C=O) groups is 1. The van der Waals surface area contributed by atoms with Crippen LogP contribution in [-0.4, -0.2) is 25.6 Å². The molecule has 0 heterocycles. The van der Waals surface area contributed by atoms with Crippen molar-refractivity contribution in [3.63, 3.8) is 0 Å². The van der Waals surface area contributed by atoms with Gasteiger partial charge in [0.2, 0.25) is 9.84 Å². The molecule has 0 aliphatic carbocycles. The largest absolute Gasteiger partial charge is 0.304 e. The van der Waals surface area contributed by atoms with Gasteiger partial charge in [0.25, 0.3) is 5.12 Å². The molecule has 0 aliphatic heterocycles. The van der Waals surface area contributed by atoms with Gasteiger partial charge in [-0.2, -0.15) is 0 Å². The van der Waals surface area contributed by atoms with Crippen molar-refractivity contribution >= 4 is 15.0 Å². The number of nitrogens with one attached hydrogen (secondary N) is 1. The Morgan fingerprint density at radius 2 is 1.44 bits per heavy atom. The summed E-state index contributed by atoms with van der Waals surface area (Å²) in [7, 11) is -3.96. The number of carbonyl (C=O) groups excluding carboxylic acids is 1. The Hall–Kier alpha value is -1.20. The minimum Gasteiger partial charge on any atom is -0.304 e. The fourth-order valence-electron chi connectivity index (χ4n) is 2.77. The highest BCUT2D eigenvalue weighted by Crippen LogP contribution is 2.18. The predicted molar refractivity (Wildman–Crippen MR) is 103 cm³/mol. The standard InChI is InChI=1S/C20H33NO3S/c1-4-5-6-7-8-9-10-14-17-21-20(2,3)19(22)25(23,24)18-15-12-11-13-16-18/h11-13,15-16,21H,4-10,14,17H2,1-3H3. The van der Waals surface area contributed by atoms with Gasteiger partial charge >= 0.3 is 0 Å². The number of rotatable bonds is 12. The molecule has 0 saturated heterocycles. The van der Waals surface area contributed by atoms with Crippen molar-refractivity contribution in [3.8, 4) is 0 Å².